The molecule has 0 atom stereocenters. The Labute approximate surface area is 124 Å². The van der Waals surface area contributed by atoms with Gasteiger partial charge in [-0.15, -0.1) is 11.3 Å². The maximum absolute atomic E-state index is 12.2. The first-order chi connectivity index (χ1) is 10.2. The van der Waals surface area contributed by atoms with Crippen LogP contribution in [0, 0.1) is 10.1 Å². The molecule has 0 amide bonds. The van der Waals surface area contributed by atoms with Crippen molar-refractivity contribution in [1.29, 1.82) is 0 Å². The zero-order valence-corrected chi connectivity index (χ0v) is 12.3. The second-order valence-corrected chi connectivity index (χ2v) is 6.05. The lowest BCUT2D eigenvalue weighted by Gasteiger charge is -2.03. The predicted molar refractivity (Wildman–Crippen MR) is 81.7 cm³/mol. The number of thiazole rings is 1. The number of hydrogen-bond donors (Lipinski definition) is 0. The number of allylic oxidation sites excluding steroid dienone is 1. The summed E-state index contributed by atoms with van der Waals surface area (Å²) in [5, 5.41) is 12.9. The monoisotopic (exact) mass is 305 g/mol. The SMILES string of the molecule is O=c1c([N+](=O)[O-])c(C=C2CCCCCC2)nc2sccn12. The number of aromatic nitrogens is 2. The van der Waals surface area contributed by atoms with Gasteiger partial charge in [0, 0.05) is 11.6 Å². The Morgan fingerprint density at radius 1 is 1.29 bits per heavy atom. The predicted octanol–water partition coefficient (Wildman–Crippen LogP) is 3.40. The molecule has 7 heteroatoms. The molecule has 21 heavy (non-hydrogen) atoms. The van der Waals surface area contributed by atoms with Crippen molar-refractivity contribution in [2.75, 3.05) is 0 Å². The van der Waals surface area contributed by atoms with Crippen molar-refractivity contribution in [2.45, 2.75) is 38.5 Å². The van der Waals surface area contributed by atoms with Crippen molar-refractivity contribution in [2.24, 2.45) is 0 Å². The highest BCUT2D eigenvalue weighted by atomic mass is 32.1. The molecule has 0 radical (unpaired) electrons. The third kappa shape index (κ3) is 2.73. The molecule has 3 rings (SSSR count). The second-order valence-electron chi connectivity index (χ2n) is 5.18. The molecule has 6 nitrogen and oxygen atoms in total. The molecule has 0 N–H and O–H groups in total. The van der Waals surface area contributed by atoms with Gasteiger partial charge in [0.1, 0.15) is 5.69 Å². The molecule has 0 unspecified atom stereocenters. The van der Waals surface area contributed by atoms with Gasteiger partial charge < -0.3 is 0 Å². The van der Waals surface area contributed by atoms with Crippen LogP contribution in [0.5, 0.6) is 0 Å². The van der Waals surface area contributed by atoms with Crippen molar-refractivity contribution < 1.29 is 4.92 Å². The smallest absolute Gasteiger partial charge is 0.261 e. The first-order valence-corrected chi connectivity index (χ1v) is 7.88. The van der Waals surface area contributed by atoms with Crippen LogP contribution in [-0.4, -0.2) is 14.3 Å². The van der Waals surface area contributed by atoms with Crippen LogP contribution in [-0.2, 0) is 0 Å². The average molecular weight is 305 g/mol. The highest BCUT2D eigenvalue weighted by Gasteiger charge is 2.23. The topological polar surface area (TPSA) is 77.5 Å². The molecule has 1 saturated carbocycles. The molecule has 1 aliphatic carbocycles. The number of rotatable bonds is 2. The Kier molecular flexibility index (Phi) is 3.83. The number of nitrogens with zero attached hydrogens (tertiary/aromatic N) is 3. The van der Waals surface area contributed by atoms with Crippen LogP contribution in [0.4, 0.5) is 5.69 Å². The normalized spacial score (nSPS) is 15.9. The van der Waals surface area contributed by atoms with Gasteiger partial charge in [0.05, 0.1) is 4.92 Å². The maximum atomic E-state index is 12.2. The van der Waals surface area contributed by atoms with E-state index in [0.29, 0.717) is 4.96 Å². The summed E-state index contributed by atoms with van der Waals surface area (Å²) in [5.74, 6) is 0. The van der Waals surface area contributed by atoms with E-state index in [9.17, 15) is 14.9 Å². The van der Waals surface area contributed by atoms with Crippen LogP contribution < -0.4 is 5.56 Å². The zero-order valence-electron chi connectivity index (χ0n) is 11.4. The van der Waals surface area contributed by atoms with Gasteiger partial charge in [-0.1, -0.05) is 18.4 Å². The molecule has 2 aromatic heterocycles. The molecule has 2 heterocycles. The van der Waals surface area contributed by atoms with Crippen molar-refractivity contribution in [3.05, 3.63) is 43.3 Å². The Morgan fingerprint density at radius 3 is 2.67 bits per heavy atom. The summed E-state index contributed by atoms with van der Waals surface area (Å²) in [6.45, 7) is 0. The van der Waals surface area contributed by atoms with Crippen molar-refractivity contribution >= 4 is 28.1 Å². The van der Waals surface area contributed by atoms with Crippen LogP contribution >= 0.6 is 11.3 Å². The molecular weight excluding hydrogens is 290 g/mol. The lowest BCUT2D eigenvalue weighted by molar-refractivity contribution is -0.386. The minimum atomic E-state index is -0.622. The van der Waals surface area contributed by atoms with E-state index >= 15 is 0 Å². The van der Waals surface area contributed by atoms with E-state index in [2.05, 4.69) is 4.98 Å². The van der Waals surface area contributed by atoms with E-state index < -0.39 is 16.2 Å². The van der Waals surface area contributed by atoms with E-state index in [1.54, 1.807) is 11.5 Å². The van der Waals surface area contributed by atoms with E-state index in [4.69, 9.17) is 0 Å². The zero-order chi connectivity index (χ0) is 14.8. The maximum Gasteiger partial charge on any atom is 0.359 e. The molecule has 1 aliphatic rings. The summed E-state index contributed by atoms with van der Waals surface area (Å²) in [7, 11) is 0. The van der Waals surface area contributed by atoms with Gasteiger partial charge >= 0.3 is 11.2 Å². The number of fused-ring (bicyclic) bond motifs is 1. The molecule has 110 valence electrons. The quantitative estimate of drug-likeness (QED) is 0.484. The van der Waals surface area contributed by atoms with Crippen LogP contribution in [0.2, 0.25) is 0 Å². The number of nitro groups is 1. The summed E-state index contributed by atoms with van der Waals surface area (Å²) >= 11 is 1.30. The van der Waals surface area contributed by atoms with Crippen molar-refractivity contribution in [3.63, 3.8) is 0 Å². The van der Waals surface area contributed by atoms with Gasteiger partial charge in [-0.25, -0.2) is 4.98 Å². The van der Waals surface area contributed by atoms with Crippen LogP contribution in [0.25, 0.3) is 11.0 Å². The molecule has 0 saturated heterocycles. The highest BCUT2D eigenvalue weighted by Crippen LogP contribution is 2.26. The molecule has 0 spiro atoms. The Morgan fingerprint density at radius 2 is 2.00 bits per heavy atom. The van der Waals surface area contributed by atoms with Crippen LogP contribution in [0.15, 0.2) is 21.9 Å². The summed E-state index contributed by atoms with van der Waals surface area (Å²) < 4.78 is 1.23. The van der Waals surface area contributed by atoms with Gasteiger partial charge in [-0.3, -0.25) is 19.3 Å². The van der Waals surface area contributed by atoms with E-state index in [1.807, 2.05) is 0 Å². The molecule has 2 aromatic rings. The molecular formula is C14H15N3O3S. The van der Waals surface area contributed by atoms with Gasteiger partial charge in [0.15, 0.2) is 4.96 Å². The number of hydrogen-bond acceptors (Lipinski definition) is 5. The minimum Gasteiger partial charge on any atom is -0.261 e. The van der Waals surface area contributed by atoms with E-state index in [1.165, 1.54) is 34.8 Å². The van der Waals surface area contributed by atoms with Gasteiger partial charge in [0.25, 0.3) is 0 Å². The van der Waals surface area contributed by atoms with Crippen molar-refractivity contribution in [3.8, 4) is 0 Å². The van der Waals surface area contributed by atoms with Gasteiger partial charge in [-0.05, 0) is 31.8 Å². The largest absolute Gasteiger partial charge is 0.359 e. The first kappa shape index (κ1) is 13.9. The molecule has 0 aliphatic heterocycles. The third-order valence-corrected chi connectivity index (χ3v) is 4.50. The lowest BCUT2D eigenvalue weighted by Crippen LogP contribution is -2.18. The Balaban J connectivity index is 2.16. The summed E-state index contributed by atoms with van der Waals surface area (Å²) in [6, 6.07) is 0. The molecule has 0 aromatic carbocycles. The Bertz CT molecular complexity index is 765. The standard InChI is InChI=1S/C14H15N3O3S/c18-13-12(17(19)20)11(15-14-16(13)7-8-21-14)9-10-5-3-1-2-4-6-10/h7-9H,1-6H2. The summed E-state index contributed by atoms with van der Waals surface area (Å²) in [6.07, 6.45) is 9.72. The Hall–Kier alpha value is -2.02. The van der Waals surface area contributed by atoms with E-state index in [-0.39, 0.29) is 5.69 Å². The fraction of sp³-hybridized carbons (Fsp3) is 0.429. The second kappa shape index (κ2) is 5.77. The minimum absolute atomic E-state index is 0.198. The fourth-order valence-electron chi connectivity index (χ4n) is 2.68. The fourth-order valence-corrected chi connectivity index (χ4v) is 3.39. The van der Waals surface area contributed by atoms with Crippen LogP contribution in [0.1, 0.15) is 44.2 Å². The molecule has 0 bridgehead atoms. The van der Waals surface area contributed by atoms with Crippen LogP contribution in [0.3, 0.4) is 0 Å². The van der Waals surface area contributed by atoms with Gasteiger partial charge in [-0.2, -0.15) is 0 Å². The summed E-state index contributed by atoms with van der Waals surface area (Å²) in [4.78, 5) is 27.6. The van der Waals surface area contributed by atoms with Gasteiger partial charge in [0.2, 0.25) is 0 Å². The van der Waals surface area contributed by atoms with Crippen molar-refractivity contribution in [1.82, 2.24) is 9.38 Å². The highest BCUT2D eigenvalue weighted by molar-refractivity contribution is 7.15. The summed E-state index contributed by atoms with van der Waals surface area (Å²) in [5.41, 5.74) is 0.321. The lowest BCUT2D eigenvalue weighted by atomic mass is 10.1. The van der Waals surface area contributed by atoms with E-state index in [0.717, 1.165) is 31.3 Å². The average Bonchev–Trinajstić information content (AvgIpc) is 2.76. The molecule has 1 fully saturated rings. The first-order valence-electron chi connectivity index (χ1n) is 7.00. The third-order valence-electron chi connectivity index (χ3n) is 3.74.